The molecule has 0 bridgehead atoms. The average Bonchev–Trinajstić information content (AvgIpc) is 3.09. The molecule has 0 aliphatic heterocycles. The van der Waals surface area contributed by atoms with E-state index in [9.17, 15) is 14.4 Å². The summed E-state index contributed by atoms with van der Waals surface area (Å²) in [6, 6.07) is 3.49. The zero-order chi connectivity index (χ0) is 19.4. The van der Waals surface area contributed by atoms with Crippen molar-refractivity contribution in [2.45, 2.75) is 27.2 Å². The smallest absolute Gasteiger partial charge is 0.340 e. The zero-order valence-corrected chi connectivity index (χ0v) is 15.8. The van der Waals surface area contributed by atoms with Gasteiger partial charge < -0.3 is 18.6 Å². The number of esters is 2. The number of aromatic nitrogens is 2. The molecule has 2 rings (SSSR count). The second-order valence-corrected chi connectivity index (χ2v) is 5.89. The number of aryl methyl sites for hydroxylation is 1. The fraction of sp³-hybridized carbons (Fsp3) is 0.421. The molecule has 0 spiro atoms. The number of ether oxygens (including phenoxy) is 2. The number of nitrogens with zero attached hydrogens (tertiary/aromatic N) is 2. The standard InChI is InChI=1S/C19H24N2O5/c1-6-25-15(22)11-14-16(19(24)26-7-2)12(3)17(21(14)5)18(23)13-9-8-10-20(13)4/h8-10H,6-7,11H2,1-5H3. The summed E-state index contributed by atoms with van der Waals surface area (Å²) in [5, 5.41) is 0. The van der Waals surface area contributed by atoms with Crippen molar-refractivity contribution in [2.24, 2.45) is 14.1 Å². The van der Waals surface area contributed by atoms with E-state index in [-0.39, 0.29) is 31.0 Å². The van der Waals surface area contributed by atoms with Gasteiger partial charge in [-0.1, -0.05) is 0 Å². The Labute approximate surface area is 152 Å². The van der Waals surface area contributed by atoms with Crippen LogP contribution < -0.4 is 0 Å². The van der Waals surface area contributed by atoms with E-state index >= 15 is 0 Å². The van der Waals surface area contributed by atoms with Crippen LogP contribution in [-0.2, 0) is 34.8 Å². The Balaban J connectivity index is 2.59. The van der Waals surface area contributed by atoms with Gasteiger partial charge in [-0.05, 0) is 38.5 Å². The molecule has 7 heteroatoms. The highest BCUT2D eigenvalue weighted by Crippen LogP contribution is 2.26. The highest BCUT2D eigenvalue weighted by molar-refractivity contribution is 6.10. The van der Waals surface area contributed by atoms with Crippen LogP contribution in [0.3, 0.4) is 0 Å². The first kappa shape index (κ1) is 19.5. The van der Waals surface area contributed by atoms with Crippen molar-refractivity contribution in [1.29, 1.82) is 0 Å². The van der Waals surface area contributed by atoms with Crippen LogP contribution in [0.25, 0.3) is 0 Å². The molecule has 0 amide bonds. The Morgan fingerprint density at radius 3 is 2.27 bits per heavy atom. The van der Waals surface area contributed by atoms with E-state index in [1.165, 1.54) is 0 Å². The summed E-state index contributed by atoms with van der Waals surface area (Å²) in [6.45, 7) is 5.55. The first-order chi connectivity index (χ1) is 12.3. The van der Waals surface area contributed by atoms with Crippen LogP contribution in [0.2, 0.25) is 0 Å². The lowest BCUT2D eigenvalue weighted by Crippen LogP contribution is -2.16. The van der Waals surface area contributed by atoms with Gasteiger partial charge in [-0.2, -0.15) is 0 Å². The van der Waals surface area contributed by atoms with Crippen molar-refractivity contribution in [3.8, 4) is 0 Å². The number of carbonyl (C=O) groups is 3. The molecule has 0 aliphatic rings. The normalized spacial score (nSPS) is 10.7. The Bertz CT molecular complexity index is 844. The molecule has 26 heavy (non-hydrogen) atoms. The summed E-state index contributed by atoms with van der Waals surface area (Å²) in [6.07, 6.45) is 1.66. The van der Waals surface area contributed by atoms with Crippen molar-refractivity contribution >= 4 is 17.7 Å². The number of rotatable bonds is 7. The molecule has 140 valence electrons. The Hall–Kier alpha value is -2.83. The van der Waals surface area contributed by atoms with Gasteiger partial charge in [-0.15, -0.1) is 0 Å². The largest absolute Gasteiger partial charge is 0.466 e. The molecular formula is C19H24N2O5. The minimum absolute atomic E-state index is 0.111. The van der Waals surface area contributed by atoms with E-state index in [4.69, 9.17) is 9.47 Å². The van der Waals surface area contributed by atoms with Crippen LogP contribution in [0.5, 0.6) is 0 Å². The van der Waals surface area contributed by atoms with Gasteiger partial charge in [0.15, 0.2) is 0 Å². The van der Waals surface area contributed by atoms with Crippen LogP contribution in [-0.4, -0.2) is 40.1 Å². The molecule has 0 atom stereocenters. The predicted octanol–water partition coefficient (Wildman–Crippen LogP) is 2.19. The number of ketones is 1. The number of hydrogen-bond acceptors (Lipinski definition) is 5. The lowest BCUT2D eigenvalue weighted by molar-refractivity contribution is -0.142. The topological polar surface area (TPSA) is 79.5 Å². The van der Waals surface area contributed by atoms with E-state index in [2.05, 4.69) is 0 Å². The SMILES string of the molecule is CCOC(=O)Cc1c(C(=O)OCC)c(C)c(C(=O)c2cccn2C)n1C. The first-order valence-corrected chi connectivity index (χ1v) is 8.50. The van der Waals surface area contributed by atoms with Gasteiger partial charge in [0.05, 0.1) is 36.6 Å². The summed E-state index contributed by atoms with van der Waals surface area (Å²) in [7, 11) is 3.44. The maximum absolute atomic E-state index is 13.0. The highest BCUT2D eigenvalue weighted by Gasteiger charge is 2.30. The lowest BCUT2D eigenvalue weighted by Gasteiger charge is -2.09. The van der Waals surface area contributed by atoms with Crippen molar-refractivity contribution in [2.75, 3.05) is 13.2 Å². The summed E-state index contributed by atoms with van der Waals surface area (Å²) in [5.74, 6) is -1.24. The molecular weight excluding hydrogens is 336 g/mol. The zero-order valence-electron chi connectivity index (χ0n) is 15.8. The monoisotopic (exact) mass is 360 g/mol. The molecule has 0 aliphatic carbocycles. The van der Waals surface area contributed by atoms with Gasteiger partial charge in [-0.3, -0.25) is 9.59 Å². The molecule has 2 aromatic heterocycles. The second kappa shape index (κ2) is 8.03. The van der Waals surface area contributed by atoms with Crippen LogP contribution in [0.1, 0.15) is 51.6 Å². The maximum Gasteiger partial charge on any atom is 0.340 e. The van der Waals surface area contributed by atoms with Crippen molar-refractivity contribution < 1.29 is 23.9 Å². The summed E-state index contributed by atoms with van der Waals surface area (Å²) in [5.41, 5.74) is 2.01. The van der Waals surface area contributed by atoms with Crippen molar-refractivity contribution in [3.05, 3.63) is 46.5 Å². The minimum atomic E-state index is -0.550. The third-order valence-electron chi connectivity index (χ3n) is 4.25. The van der Waals surface area contributed by atoms with Crippen LogP contribution in [0.15, 0.2) is 18.3 Å². The first-order valence-electron chi connectivity index (χ1n) is 8.50. The summed E-state index contributed by atoms with van der Waals surface area (Å²) in [4.78, 5) is 37.5. The molecule has 7 nitrogen and oxygen atoms in total. The van der Waals surface area contributed by atoms with Crippen molar-refractivity contribution in [3.63, 3.8) is 0 Å². The molecule has 0 N–H and O–H groups in total. The average molecular weight is 360 g/mol. The molecule has 2 heterocycles. The van der Waals surface area contributed by atoms with Crippen LogP contribution >= 0.6 is 0 Å². The molecule has 0 saturated heterocycles. The molecule has 0 aromatic carbocycles. The molecule has 0 unspecified atom stereocenters. The number of hydrogen-bond donors (Lipinski definition) is 0. The van der Waals surface area contributed by atoms with Gasteiger partial charge in [0.1, 0.15) is 0 Å². The third-order valence-corrected chi connectivity index (χ3v) is 4.25. The van der Waals surface area contributed by atoms with E-state index in [1.807, 2.05) is 0 Å². The molecule has 0 radical (unpaired) electrons. The Morgan fingerprint density at radius 2 is 1.73 bits per heavy atom. The Morgan fingerprint density at radius 1 is 1.08 bits per heavy atom. The van der Waals surface area contributed by atoms with Crippen LogP contribution in [0, 0.1) is 6.92 Å². The van der Waals surface area contributed by atoms with Crippen LogP contribution in [0.4, 0.5) is 0 Å². The molecule has 2 aromatic rings. The Kier molecular flexibility index (Phi) is 6.02. The fourth-order valence-electron chi connectivity index (χ4n) is 3.06. The number of carbonyl (C=O) groups excluding carboxylic acids is 3. The van der Waals surface area contributed by atoms with Gasteiger partial charge in [0.2, 0.25) is 5.78 Å². The fourth-order valence-corrected chi connectivity index (χ4v) is 3.06. The van der Waals surface area contributed by atoms with E-state index in [0.29, 0.717) is 22.6 Å². The van der Waals surface area contributed by atoms with Gasteiger partial charge >= 0.3 is 11.9 Å². The van der Waals surface area contributed by atoms with E-state index in [0.717, 1.165) is 0 Å². The molecule has 0 saturated carbocycles. The van der Waals surface area contributed by atoms with Gasteiger partial charge in [0, 0.05) is 26.0 Å². The summed E-state index contributed by atoms with van der Waals surface area (Å²) >= 11 is 0. The maximum atomic E-state index is 13.0. The summed E-state index contributed by atoms with van der Waals surface area (Å²) < 4.78 is 13.4. The minimum Gasteiger partial charge on any atom is -0.466 e. The second-order valence-electron chi connectivity index (χ2n) is 5.89. The van der Waals surface area contributed by atoms with Gasteiger partial charge in [0.25, 0.3) is 0 Å². The van der Waals surface area contributed by atoms with Crippen molar-refractivity contribution in [1.82, 2.24) is 9.13 Å². The quantitative estimate of drug-likeness (QED) is 0.559. The lowest BCUT2D eigenvalue weighted by atomic mass is 10.1. The predicted molar refractivity (Wildman–Crippen MR) is 95.3 cm³/mol. The highest BCUT2D eigenvalue weighted by atomic mass is 16.5. The third kappa shape index (κ3) is 3.56. The van der Waals surface area contributed by atoms with E-state index < -0.39 is 11.9 Å². The molecule has 0 fully saturated rings. The van der Waals surface area contributed by atoms with E-state index in [1.54, 1.807) is 62.3 Å². The van der Waals surface area contributed by atoms with Gasteiger partial charge in [-0.25, -0.2) is 4.79 Å².